The standard InChI is InChI=1S/C11H11BrFN3/c1-2-5-16-7-14-15-11(16)9-6-8(12)3-4-10(9)13/h3-4,6-7H,2,5H2,1H3. The van der Waals surface area contributed by atoms with Crippen molar-refractivity contribution >= 4 is 15.9 Å². The summed E-state index contributed by atoms with van der Waals surface area (Å²) < 4.78 is 16.3. The van der Waals surface area contributed by atoms with Crippen LogP contribution in [-0.2, 0) is 6.54 Å². The maximum atomic E-state index is 13.7. The highest BCUT2D eigenvalue weighted by atomic mass is 79.9. The summed E-state index contributed by atoms with van der Waals surface area (Å²) >= 11 is 3.32. The summed E-state index contributed by atoms with van der Waals surface area (Å²) in [6, 6.07) is 4.80. The van der Waals surface area contributed by atoms with Crippen molar-refractivity contribution in [3.8, 4) is 11.4 Å². The fourth-order valence-corrected chi connectivity index (χ4v) is 1.90. The molecule has 1 heterocycles. The van der Waals surface area contributed by atoms with E-state index in [0.29, 0.717) is 11.4 Å². The van der Waals surface area contributed by atoms with E-state index < -0.39 is 0 Å². The third-order valence-electron chi connectivity index (χ3n) is 2.25. The fourth-order valence-electron chi connectivity index (χ4n) is 1.54. The van der Waals surface area contributed by atoms with Gasteiger partial charge in [-0.05, 0) is 24.6 Å². The van der Waals surface area contributed by atoms with Crippen LogP contribution in [0.3, 0.4) is 0 Å². The third-order valence-corrected chi connectivity index (χ3v) is 2.74. The van der Waals surface area contributed by atoms with Gasteiger partial charge in [0.1, 0.15) is 12.1 Å². The van der Waals surface area contributed by atoms with Gasteiger partial charge >= 0.3 is 0 Å². The highest BCUT2D eigenvalue weighted by molar-refractivity contribution is 9.10. The zero-order chi connectivity index (χ0) is 11.5. The van der Waals surface area contributed by atoms with Gasteiger partial charge in [-0.15, -0.1) is 10.2 Å². The Morgan fingerprint density at radius 3 is 3.00 bits per heavy atom. The van der Waals surface area contributed by atoms with Crippen LogP contribution in [0.15, 0.2) is 29.0 Å². The predicted molar refractivity (Wildman–Crippen MR) is 63.4 cm³/mol. The molecule has 0 radical (unpaired) electrons. The average Bonchev–Trinajstić information content (AvgIpc) is 2.70. The molecule has 0 bridgehead atoms. The van der Waals surface area contributed by atoms with E-state index in [-0.39, 0.29) is 5.82 Å². The summed E-state index contributed by atoms with van der Waals surface area (Å²) in [5.74, 6) is 0.286. The van der Waals surface area contributed by atoms with Gasteiger partial charge in [0, 0.05) is 11.0 Å². The van der Waals surface area contributed by atoms with Crippen LogP contribution in [0, 0.1) is 5.82 Å². The van der Waals surface area contributed by atoms with E-state index in [1.165, 1.54) is 6.07 Å². The zero-order valence-corrected chi connectivity index (χ0v) is 10.4. The van der Waals surface area contributed by atoms with Crippen LogP contribution in [0.25, 0.3) is 11.4 Å². The smallest absolute Gasteiger partial charge is 0.166 e. The molecular weight excluding hydrogens is 273 g/mol. The van der Waals surface area contributed by atoms with E-state index in [4.69, 9.17) is 0 Å². The minimum Gasteiger partial charge on any atom is -0.314 e. The molecule has 84 valence electrons. The van der Waals surface area contributed by atoms with Gasteiger partial charge in [-0.3, -0.25) is 0 Å². The number of nitrogens with zero attached hydrogens (tertiary/aromatic N) is 3. The van der Waals surface area contributed by atoms with E-state index >= 15 is 0 Å². The molecule has 0 spiro atoms. The van der Waals surface area contributed by atoms with Gasteiger partial charge in [0.05, 0.1) is 5.56 Å². The Hall–Kier alpha value is -1.23. The molecule has 0 saturated carbocycles. The summed E-state index contributed by atoms with van der Waals surface area (Å²) in [6.07, 6.45) is 2.58. The van der Waals surface area contributed by atoms with Crippen molar-refractivity contribution < 1.29 is 4.39 Å². The predicted octanol–water partition coefficient (Wildman–Crippen LogP) is 3.26. The molecule has 2 aromatic rings. The number of hydrogen-bond acceptors (Lipinski definition) is 2. The van der Waals surface area contributed by atoms with Crippen molar-refractivity contribution in [2.24, 2.45) is 0 Å². The van der Waals surface area contributed by atoms with Gasteiger partial charge in [0.2, 0.25) is 0 Å². The van der Waals surface area contributed by atoms with Crippen LogP contribution in [0.2, 0.25) is 0 Å². The molecule has 1 aromatic heterocycles. The van der Waals surface area contributed by atoms with Gasteiger partial charge in [-0.1, -0.05) is 22.9 Å². The lowest BCUT2D eigenvalue weighted by atomic mass is 10.2. The first-order chi connectivity index (χ1) is 7.72. The van der Waals surface area contributed by atoms with Crippen LogP contribution in [0.1, 0.15) is 13.3 Å². The molecule has 0 aliphatic heterocycles. The second-order valence-electron chi connectivity index (χ2n) is 3.47. The Labute approximate surface area is 101 Å². The van der Waals surface area contributed by atoms with Crippen LogP contribution >= 0.6 is 15.9 Å². The second-order valence-corrected chi connectivity index (χ2v) is 4.39. The number of benzene rings is 1. The highest BCUT2D eigenvalue weighted by Gasteiger charge is 2.11. The lowest BCUT2D eigenvalue weighted by Gasteiger charge is -2.06. The van der Waals surface area contributed by atoms with Crippen LogP contribution < -0.4 is 0 Å². The molecule has 1 aromatic carbocycles. The molecule has 16 heavy (non-hydrogen) atoms. The van der Waals surface area contributed by atoms with Crippen LogP contribution in [0.5, 0.6) is 0 Å². The monoisotopic (exact) mass is 283 g/mol. The Balaban J connectivity index is 2.49. The maximum Gasteiger partial charge on any atom is 0.166 e. The fraction of sp³-hybridized carbons (Fsp3) is 0.273. The summed E-state index contributed by atoms with van der Waals surface area (Å²) in [6.45, 7) is 2.84. The number of hydrogen-bond donors (Lipinski definition) is 0. The minimum absolute atomic E-state index is 0.284. The van der Waals surface area contributed by atoms with Crippen molar-refractivity contribution in [2.75, 3.05) is 0 Å². The van der Waals surface area contributed by atoms with E-state index in [0.717, 1.165) is 17.4 Å². The van der Waals surface area contributed by atoms with Crippen molar-refractivity contribution in [2.45, 2.75) is 19.9 Å². The van der Waals surface area contributed by atoms with E-state index in [9.17, 15) is 4.39 Å². The normalized spacial score (nSPS) is 10.7. The van der Waals surface area contributed by atoms with Gasteiger partial charge in [0.15, 0.2) is 5.82 Å². The van der Waals surface area contributed by atoms with E-state index in [2.05, 4.69) is 33.1 Å². The Kier molecular flexibility index (Phi) is 3.33. The largest absolute Gasteiger partial charge is 0.314 e. The van der Waals surface area contributed by atoms with Gasteiger partial charge in [0.25, 0.3) is 0 Å². The zero-order valence-electron chi connectivity index (χ0n) is 8.82. The van der Waals surface area contributed by atoms with E-state index in [1.54, 1.807) is 18.5 Å². The average molecular weight is 284 g/mol. The summed E-state index contributed by atoms with van der Waals surface area (Å²) in [7, 11) is 0. The van der Waals surface area contributed by atoms with Crippen LogP contribution in [-0.4, -0.2) is 14.8 Å². The first-order valence-corrected chi connectivity index (χ1v) is 5.85. The van der Waals surface area contributed by atoms with Crippen molar-refractivity contribution in [1.29, 1.82) is 0 Å². The molecule has 0 N–H and O–H groups in total. The lowest BCUT2D eigenvalue weighted by molar-refractivity contribution is 0.623. The summed E-state index contributed by atoms with van der Waals surface area (Å²) in [5, 5.41) is 7.78. The molecule has 0 aliphatic rings. The van der Waals surface area contributed by atoms with Crippen molar-refractivity contribution in [3.05, 3.63) is 34.8 Å². The molecular formula is C11H11BrFN3. The SMILES string of the molecule is CCCn1cnnc1-c1cc(Br)ccc1F. The molecule has 5 heteroatoms. The molecule has 0 atom stereocenters. The quantitative estimate of drug-likeness (QED) is 0.866. The lowest BCUT2D eigenvalue weighted by Crippen LogP contribution is -1.99. The Bertz CT molecular complexity index is 496. The van der Waals surface area contributed by atoms with Crippen molar-refractivity contribution in [3.63, 3.8) is 0 Å². The third kappa shape index (κ3) is 2.14. The number of rotatable bonds is 3. The topological polar surface area (TPSA) is 30.7 Å². The minimum atomic E-state index is -0.284. The first-order valence-electron chi connectivity index (χ1n) is 5.05. The molecule has 2 rings (SSSR count). The molecule has 0 amide bonds. The molecule has 0 unspecified atom stereocenters. The second kappa shape index (κ2) is 4.74. The molecule has 0 saturated heterocycles. The molecule has 3 nitrogen and oxygen atoms in total. The van der Waals surface area contributed by atoms with Crippen molar-refractivity contribution in [1.82, 2.24) is 14.8 Å². The highest BCUT2D eigenvalue weighted by Crippen LogP contribution is 2.24. The Morgan fingerprint density at radius 2 is 2.25 bits per heavy atom. The number of aromatic nitrogens is 3. The molecule has 0 aliphatic carbocycles. The van der Waals surface area contributed by atoms with Crippen LogP contribution in [0.4, 0.5) is 4.39 Å². The van der Waals surface area contributed by atoms with Gasteiger partial charge in [-0.25, -0.2) is 4.39 Å². The number of aryl methyl sites for hydroxylation is 1. The Morgan fingerprint density at radius 1 is 1.44 bits per heavy atom. The molecule has 0 fully saturated rings. The van der Waals surface area contributed by atoms with E-state index in [1.807, 2.05) is 4.57 Å². The summed E-state index contributed by atoms with van der Waals surface area (Å²) in [5.41, 5.74) is 0.473. The maximum absolute atomic E-state index is 13.7. The summed E-state index contributed by atoms with van der Waals surface area (Å²) in [4.78, 5) is 0. The van der Waals surface area contributed by atoms with Gasteiger partial charge < -0.3 is 4.57 Å². The number of halogens is 2. The van der Waals surface area contributed by atoms with Gasteiger partial charge in [-0.2, -0.15) is 0 Å². The first kappa shape index (κ1) is 11.3.